The molecule has 0 aliphatic carbocycles. The topological polar surface area (TPSA) is 46.2 Å². The summed E-state index contributed by atoms with van der Waals surface area (Å²) in [4.78, 5) is 0. The number of aliphatic hydroxyl groups is 1. The van der Waals surface area contributed by atoms with E-state index >= 15 is 0 Å². The van der Waals surface area contributed by atoms with Gasteiger partial charge in [0.1, 0.15) is 0 Å². The summed E-state index contributed by atoms with van der Waals surface area (Å²) in [6.07, 6.45) is 0.571. The van der Waals surface area contributed by atoms with Gasteiger partial charge in [-0.2, -0.15) is 0 Å². The summed E-state index contributed by atoms with van der Waals surface area (Å²) in [6.45, 7) is 2.04. The lowest BCUT2D eigenvalue weighted by Crippen LogP contribution is -2.13. The first-order valence-corrected chi connectivity index (χ1v) is 4.66. The molecule has 0 aliphatic heterocycles. The van der Waals surface area contributed by atoms with Crippen molar-refractivity contribution in [2.45, 2.75) is 19.4 Å². The van der Waals surface area contributed by atoms with Gasteiger partial charge in [0.15, 0.2) is 0 Å². The Morgan fingerprint density at radius 2 is 2.23 bits per heavy atom. The number of aliphatic hydroxyl groups excluding tert-OH is 1. The molecule has 0 spiro atoms. The van der Waals surface area contributed by atoms with Gasteiger partial charge in [-0.3, -0.25) is 0 Å². The lowest BCUT2D eigenvalue weighted by atomic mass is 10.00. The van der Waals surface area contributed by atoms with Crippen LogP contribution in [0.5, 0.6) is 0 Å². The largest absolute Gasteiger partial charge is 0.396 e. The number of hydrogen-bond donors (Lipinski definition) is 2. The van der Waals surface area contributed by atoms with Crippen LogP contribution < -0.4 is 5.73 Å². The standard InChI is InChI=1S/C10H14ClNO/c1-7-8(10(12)5-6-13)3-2-4-9(7)11/h2-4,10,13H,5-6,12H2,1H3. The molecular weight excluding hydrogens is 186 g/mol. The van der Waals surface area contributed by atoms with Crippen LogP contribution in [0.1, 0.15) is 23.6 Å². The molecule has 0 heterocycles. The lowest BCUT2D eigenvalue weighted by molar-refractivity contribution is 0.276. The van der Waals surface area contributed by atoms with E-state index in [-0.39, 0.29) is 12.6 Å². The number of benzene rings is 1. The van der Waals surface area contributed by atoms with Crippen molar-refractivity contribution in [1.29, 1.82) is 0 Å². The van der Waals surface area contributed by atoms with Crippen molar-refractivity contribution in [3.8, 4) is 0 Å². The second kappa shape index (κ2) is 4.61. The monoisotopic (exact) mass is 199 g/mol. The van der Waals surface area contributed by atoms with E-state index in [0.717, 1.165) is 16.1 Å². The van der Waals surface area contributed by atoms with Gasteiger partial charge < -0.3 is 10.8 Å². The van der Waals surface area contributed by atoms with E-state index in [0.29, 0.717) is 6.42 Å². The third-order valence-corrected chi connectivity index (χ3v) is 2.56. The van der Waals surface area contributed by atoms with Crippen LogP contribution >= 0.6 is 11.6 Å². The molecule has 1 aromatic rings. The van der Waals surface area contributed by atoms with Crippen LogP contribution in [0.15, 0.2) is 18.2 Å². The van der Waals surface area contributed by atoms with Crippen LogP contribution in [0.25, 0.3) is 0 Å². The quantitative estimate of drug-likeness (QED) is 0.783. The molecule has 1 rings (SSSR count). The minimum Gasteiger partial charge on any atom is -0.396 e. The smallest absolute Gasteiger partial charge is 0.0449 e. The summed E-state index contributed by atoms with van der Waals surface area (Å²) in [5, 5.41) is 9.47. The zero-order valence-corrected chi connectivity index (χ0v) is 8.38. The van der Waals surface area contributed by atoms with Crippen molar-refractivity contribution in [2.24, 2.45) is 5.73 Å². The highest BCUT2D eigenvalue weighted by molar-refractivity contribution is 6.31. The molecule has 0 saturated carbocycles. The fourth-order valence-electron chi connectivity index (χ4n) is 1.32. The number of halogens is 1. The molecule has 0 radical (unpaired) electrons. The SMILES string of the molecule is Cc1c(Cl)cccc1C(N)CCO. The highest BCUT2D eigenvalue weighted by Crippen LogP contribution is 2.24. The van der Waals surface area contributed by atoms with Crippen LogP contribution in [0.2, 0.25) is 5.02 Å². The van der Waals surface area contributed by atoms with E-state index in [2.05, 4.69) is 0 Å². The molecule has 3 N–H and O–H groups in total. The van der Waals surface area contributed by atoms with E-state index in [1.165, 1.54) is 0 Å². The van der Waals surface area contributed by atoms with E-state index in [4.69, 9.17) is 22.4 Å². The number of rotatable bonds is 3. The Hall–Kier alpha value is -0.570. The molecular formula is C10H14ClNO. The molecule has 0 amide bonds. The first-order chi connectivity index (χ1) is 6.16. The Morgan fingerprint density at radius 3 is 2.85 bits per heavy atom. The third-order valence-electron chi connectivity index (χ3n) is 2.15. The maximum absolute atomic E-state index is 8.75. The van der Waals surface area contributed by atoms with Crippen molar-refractivity contribution in [1.82, 2.24) is 0 Å². The molecule has 1 unspecified atom stereocenters. The van der Waals surface area contributed by atoms with Crippen molar-refractivity contribution in [3.63, 3.8) is 0 Å². The van der Waals surface area contributed by atoms with E-state index in [1.54, 1.807) is 0 Å². The zero-order valence-electron chi connectivity index (χ0n) is 7.63. The predicted molar refractivity (Wildman–Crippen MR) is 54.8 cm³/mol. The molecule has 0 bridgehead atoms. The molecule has 0 aromatic heterocycles. The molecule has 13 heavy (non-hydrogen) atoms. The molecule has 0 aliphatic rings. The van der Waals surface area contributed by atoms with Gasteiger partial charge in [0.25, 0.3) is 0 Å². The van der Waals surface area contributed by atoms with Gasteiger partial charge in [0, 0.05) is 17.7 Å². The summed E-state index contributed by atoms with van der Waals surface area (Å²) in [7, 11) is 0. The highest BCUT2D eigenvalue weighted by Gasteiger charge is 2.09. The lowest BCUT2D eigenvalue weighted by Gasteiger charge is -2.13. The Balaban J connectivity index is 2.93. The minimum atomic E-state index is -0.122. The molecule has 1 aromatic carbocycles. The van der Waals surface area contributed by atoms with Gasteiger partial charge in [-0.25, -0.2) is 0 Å². The Bertz CT molecular complexity index is 288. The fraction of sp³-hybridized carbons (Fsp3) is 0.400. The maximum atomic E-state index is 8.75. The van der Waals surface area contributed by atoms with Crippen LogP contribution in [-0.4, -0.2) is 11.7 Å². The van der Waals surface area contributed by atoms with Crippen LogP contribution in [-0.2, 0) is 0 Å². The van der Waals surface area contributed by atoms with Gasteiger partial charge in [-0.1, -0.05) is 23.7 Å². The van der Waals surface area contributed by atoms with Crippen molar-refractivity contribution < 1.29 is 5.11 Å². The van der Waals surface area contributed by atoms with E-state index in [1.807, 2.05) is 25.1 Å². The number of hydrogen-bond acceptors (Lipinski definition) is 2. The van der Waals surface area contributed by atoms with Crippen molar-refractivity contribution >= 4 is 11.6 Å². The van der Waals surface area contributed by atoms with Gasteiger partial charge >= 0.3 is 0 Å². The zero-order chi connectivity index (χ0) is 9.84. The summed E-state index contributed by atoms with van der Waals surface area (Å²) in [6, 6.07) is 5.54. The van der Waals surface area contributed by atoms with Crippen molar-refractivity contribution in [2.75, 3.05) is 6.61 Å². The van der Waals surface area contributed by atoms with Crippen molar-refractivity contribution in [3.05, 3.63) is 34.3 Å². The summed E-state index contributed by atoms with van der Waals surface area (Å²) < 4.78 is 0. The van der Waals surface area contributed by atoms with Crippen LogP contribution in [0.3, 0.4) is 0 Å². The second-order valence-corrected chi connectivity index (χ2v) is 3.48. The normalized spacial score (nSPS) is 12.9. The van der Waals surface area contributed by atoms with E-state index < -0.39 is 0 Å². The predicted octanol–water partition coefficient (Wildman–Crippen LogP) is 2.03. The molecule has 2 nitrogen and oxygen atoms in total. The van der Waals surface area contributed by atoms with Gasteiger partial charge in [-0.15, -0.1) is 0 Å². The van der Waals surface area contributed by atoms with Crippen LogP contribution in [0, 0.1) is 6.92 Å². The highest BCUT2D eigenvalue weighted by atomic mass is 35.5. The molecule has 1 atom stereocenters. The fourth-order valence-corrected chi connectivity index (χ4v) is 1.50. The van der Waals surface area contributed by atoms with E-state index in [9.17, 15) is 0 Å². The average Bonchev–Trinajstić information content (AvgIpc) is 2.10. The molecule has 0 fully saturated rings. The third kappa shape index (κ3) is 2.44. The Morgan fingerprint density at radius 1 is 1.54 bits per heavy atom. The van der Waals surface area contributed by atoms with Crippen LogP contribution in [0.4, 0.5) is 0 Å². The second-order valence-electron chi connectivity index (χ2n) is 3.07. The summed E-state index contributed by atoms with van der Waals surface area (Å²) in [5.41, 5.74) is 7.88. The maximum Gasteiger partial charge on any atom is 0.0449 e. The first kappa shape index (κ1) is 10.5. The van der Waals surface area contributed by atoms with Gasteiger partial charge in [-0.05, 0) is 30.5 Å². The Labute approximate surface area is 83.3 Å². The molecule has 72 valence electrons. The van der Waals surface area contributed by atoms with Gasteiger partial charge in [0.05, 0.1) is 0 Å². The van der Waals surface area contributed by atoms with Gasteiger partial charge in [0.2, 0.25) is 0 Å². The Kier molecular flexibility index (Phi) is 3.72. The minimum absolute atomic E-state index is 0.104. The average molecular weight is 200 g/mol. The summed E-state index contributed by atoms with van der Waals surface area (Å²) >= 11 is 5.94. The molecule has 3 heteroatoms. The molecule has 0 saturated heterocycles. The first-order valence-electron chi connectivity index (χ1n) is 4.28. The number of nitrogens with two attached hydrogens (primary N) is 1. The summed E-state index contributed by atoms with van der Waals surface area (Å²) in [5.74, 6) is 0.